The fraction of sp³-hybridized carbons (Fsp3) is 0.308. The van der Waals surface area contributed by atoms with Crippen LogP contribution in [0.25, 0.3) is 0 Å². The Morgan fingerprint density at radius 2 is 1.95 bits per heavy atom. The van der Waals surface area contributed by atoms with Crippen molar-refractivity contribution >= 4 is 17.7 Å². The molecule has 1 saturated heterocycles. The predicted molar refractivity (Wildman–Crippen MR) is 68.3 cm³/mol. The number of rotatable bonds is 4. The standard InChI is InChI=1S/C10H12O2.C3H4N2O2/c1-9(11)7-12-8-10-5-3-2-4-6-10;6-2-1-4-3(7)5-2/h2-6H,7-8H2,1H3;1H2,(H2,4,5,6,7). The van der Waals surface area contributed by atoms with Gasteiger partial charge in [-0.3, -0.25) is 14.9 Å². The van der Waals surface area contributed by atoms with E-state index in [2.05, 4.69) is 5.32 Å². The van der Waals surface area contributed by atoms with Crippen molar-refractivity contribution in [1.29, 1.82) is 0 Å². The van der Waals surface area contributed by atoms with Crippen molar-refractivity contribution in [2.24, 2.45) is 0 Å². The number of carbonyl (C=O) groups excluding carboxylic acids is 3. The monoisotopic (exact) mass is 264 g/mol. The van der Waals surface area contributed by atoms with Crippen molar-refractivity contribution in [3.8, 4) is 0 Å². The number of urea groups is 1. The zero-order chi connectivity index (χ0) is 14.1. The second kappa shape index (κ2) is 7.99. The van der Waals surface area contributed by atoms with Gasteiger partial charge in [0.1, 0.15) is 6.61 Å². The van der Waals surface area contributed by atoms with Gasteiger partial charge < -0.3 is 10.1 Å². The number of nitrogens with one attached hydrogen (secondary N) is 2. The van der Waals surface area contributed by atoms with Crippen LogP contribution in [0.2, 0.25) is 0 Å². The molecule has 1 aromatic rings. The Balaban J connectivity index is 0.000000218. The van der Waals surface area contributed by atoms with Gasteiger partial charge in [0.05, 0.1) is 13.2 Å². The Morgan fingerprint density at radius 1 is 1.26 bits per heavy atom. The average Bonchev–Trinajstić information content (AvgIpc) is 2.75. The summed E-state index contributed by atoms with van der Waals surface area (Å²) in [6.07, 6.45) is 0. The quantitative estimate of drug-likeness (QED) is 0.781. The van der Waals surface area contributed by atoms with Crippen LogP contribution in [0.4, 0.5) is 4.79 Å². The molecule has 2 rings (SSSR count). The molecular formula is C13H16N2O4. The molecule has 19 heavy (non-hydrogen) atoms. The first-order valence-corrected chi connectivity index (χ1v) is 5.76. The second-order valence-corrected chi connectivity index (χ2v) is 3.91. The Labute approximate surface area is 111 Å². The van der Waals surface area contributed by atoms with Crippen molar-refractivity contribution in [3.05, 3.63) is 35.9 Å². The normalized spacial score (nSPS) is 13.1. The van der Waals surface area contributed by atoms with Crippen LogP contribution in [0, 0.1) is 0 Å². The van der Waals surface area contributed by atoms with Crippen molar-refractivity contribution in [2.75, 3.05) is 13.2 Å². The van der Waals surface area contributed by atoms with Crippen molar-refractivity contribution in [3.63, 3.8) is 0 Å². The SMILES string of the molecule is CC(=O)COCc1ccccc1.O=C1CNC(=O)N1. The van der Waals surface area contributed by atoms with Gasteiger partial charge in [0.15, 0.2) is 5.78 Å². The Bertz CT molecular complexity index is 431. The van der Waals surface area contributed by atoms with E-state index >= 15 is 0 Å². The smallest absolute Gasteiger partial charge is 0.321 e. The van der Waals surface area contributed by atoms with Crippen LogP contribution in [-0.2, 0) is 20.9 Å². The lowest BCUT2D eigenvalue weighted by molar-refractivity contribution is -0.121. The zero-order valence-corrected chi connectivity index (χ0v) is 10.6. The summed E-state index contributed by atoms with van der Waals surface area (Å²) in [5.41, 5.74) is 1.10. The van der Waals surface area contributed by atoms with E-state index in [0.717, 1.165) is 5.56 Å². The Hall–Kier alpha value is -2.21. The van der Waals surface area contributed by atoms with Crippen LogP contribution in [0.3, 0.4) is 0 Å². The van der Waals surface area contributed by atoms with Crippen molar-refractivity contribution < 1.29 is 19.1 Å². The first kappa shape index (κ1) is 14.8. The summed E-state index contributed by atoms with van der Waals surface area (Å²) >= 11 is 0. The highest BCUT2D eigenvalue weighted by atomic mass is 16.5. The van der Waals surface area contributed by atoms with E-state index in [0.29, 0.717) is 6.61 Å². The van der Waals surface area contributed by atoms with E-state index in [4.69, 9.17) is 4.74 Å². The molecule has 6 nitrogen and oxygen atoms in total. The minimum atomic E-state index is -0.398. The number of Topliss-reactive ketones (excluding diaryl/α,β-unsaturated/α-hetero) is 1. The molecule has 0 atom stereocenters. The van der Waals surface area contributed by atoms with Gasteiger partial charge in [0, 0.05) is 0 Å². The lowest BCUT2D eigenvalue weighted by atomic mass is 10.2. The average molecular weight is 264 g/mol. The molecule has 1 fully saturated rings. The van der Waals surface area contributed by atoms with Gasteiger partial charge in [0.25, 0.3) is 0 Å². The molecule has 0 aromatic heterocycles. The summed E-state index contributed by atoms with van der Waals surface area (Å²) in [5, 5.41) is 4.30. The number of carbonyl (C=O) groups is 3. The number of amides is 3. The summed E-state index contributed by atoms with van der Waals surface area (Å²) in [6.45, 7) is 2.36. The molecule has 0 spiro atoms. The number of benzene rings is 1. The molecule has 0 saturated carbocycles. The summed E-state index contributed by atoms with van der Waals surface area (Å²) in [4.78, 5) is 30.6. The number of imide groups is 1. The lowest BCUT2D eigenvalue weighted by Crippen LogP contribution is -2.22. The van der Waals surface area contributed by atoms with Crippen LogP contribution < -0.4 is 10.6 Å². The first-order valence-electron chi connectivity index (χ1n) is 5.76. The topological polar surface area (TPSA) is 84.5 Å². The molecule has 1 aliphatic heterocycles. The van der Waals surface area contributed by atoms with Crippen LogP contribution in [0.15, 0.2) is 30.3 Å². The molecule has 1 aliphatic rings. The summed E-state index contributed by atoms with van der Waals surface area (Å²) in [6, 6.07) is 9.40. The summed E-state index contributed by atoms with van der Waals surface area (Å²) in [5.74, 6) is -0.198. The van der Waals surface area contributed by atoms with E-state index < -0.39 is 6.03 Å². The van der Waals surface area contributed by atoms with E-state index in [1.165, 1.54) is 6.92 Å². The Kier molecular flexibility index (Phi) is 6.25. The predicted octanol–water partition coefficient (Wildman–Crippen LogP) is 0.618. The molecule has 0 radical (unpaired) electrons. The van der Waals surface area contributed by atoms with Crippen molar-refractivity contribution in [1.82, 2.24) is 10.6 Å². The van der Waals surface area contributed by atoms with Gasteiger partial charge in [-0.15, -0.1) is 0 Å². The summed E-state index contributed by atoms with van der Waals surface area (Å²) in [7, 11) is 0. The fourth-order valence-corrected chi connectivity index (χ4v) is 1.26. The Morgan fingerprint density at radius 3 is 2.37 bits per heavy atom. The number of hydrogen-bond acceptors (Lipinski definition) is 4. The largest absolute Gasteiger partial charge is 0.369 e. The molecule has 1 aromatic carbocycles. The minimum Gasteiger partial charge on any atom is -0.369 e. The number of hydrogen-bond donors (Lipinski definition) is 2. The molecule has 102 valence electrons. The molecule has 0 aliphatic carbocycles. The van der Waals surface area contributed by atoms with Gasteiger partial charge in [-0.2, -0.15) is 0 Å². The van der Waals surface area contributed by atoms with Crippen LogP contribution in [0.1, 0.15) is 12.5 Å². The molecule has 6 heteroatoms. The maximum atomic E-state index is 10.5. The molecule has 3 amide bonds. The molecule has 0 unspecified atom stereocenters. The van der Waals surface area contributed by atoms with Gasteiger partial charge >= 0.3 is 6.03 Å². The van der Waals surface area contributed by atoms with Crippen LogP contribution in [0.5, 0.6) is 0 Å². The molecule has 2 N–H and O–H groups in total. The molecule has 1 heterocycles. The maximum absolute atomic E-state index is 10.5. The zero-order valence-electron chi connectivity index (χ0n) is 10.6. The number of ether oxygens (including phenoxy) is 1. The third-order valence-corrected chi connectivity index (χ3v) is 2.08. The third kappa shape index (κ3) is 6.95. The lowest BCUT2D eigenvalue weighted by Gasteiger charge is -2.00. The third-order valence-electron chi connectivity index (χ3n) is 2.08. The highest BCUT2D eigenvalue weighted by Gasteiger charge is 2.14. The fourth-order valence-electron chi connectivity index (χ4n) is 1.26. The second-order valence-electron chi connectivity index (χ2n) is 3.91. The number of ketones is 1. The van der Waals surface area contributed by atoms with Crippen LogP contribution in [-0.4, -0.2) is 30.9 Å². The van der Waals surface area contributed by atoms with Gasteiger partial charge in [0.2, 0.25) is 5.91 Å². The van der Waals surface area contributed by atoms with E-state index in [9.17, 15) is 14.4 Å². The van der Waals surface area contributed by atoms with Gasteiger partial charge in [-0.05, 0) is 12.5 Å². The van der Waals surface area contributed by atoms with Crippen molar-refractivity contribution in [2.45, 2.75) is 13.5 Å². The highest BCUT2D eigenvalue weighted by Crippen LogP contribution is 1.99. The first-order chi connectivity index (χ1) is 9.08. The highest BCUT2D eigenvalue weighted by molar-refractivity contribution is 6.01. The minimum absolute atomic E-state index is 0.0610. The van der Waals surface area contributed by atoms with Gasteiger partial charge in [-0.1, -0.05) is 30.3 Å². The van der Waals surface area contributed by atoms with E-state index in [-0.39, 0.29) is 24.8 Å². The van der Waals surface area contributed by atoms with Gasteiger partial charge in [-0.25, -0.2) is 4.79 Å². The molecule has 0 bridgehead atoms. The van der Waals surface area contributed by atoms with E-state index in [1.54, 1.807) is 0 Å². The van der Waals surface area contributed by atoms with Crippen LogP contribution >= 0.6 is 0 Å². The molecular weight excluding hydrogens is 248 g/mol. The maximum Gasteiger partial charge on any atom is 0.321 e. The summed E-state index contributed by atoms with van der Waals surface area (Å²) < 4.78 is 5.13. The van der Waals surface area contributed by atoms with E-state index in [1.807, 2.05) is 35.6 Å².